The first-order chi connectivity index (χ1) is 13.1. The highest BCUT2D eigenvalue weighted by molar-refractivity contribution is 5.92. The summed E-state index contributed by atoms with van der Waals surface area (Å²) in [5, 5.41) is 4.93. The van der Waals surface area contributed by atoms with Gasteiger partial charge in [-0.3, -0.25) is 9.59 Å². The van der Waals surface area contributed by atoms with Crippen molar-refractivity contribution < 1.29 is 19.1 Å². The number of fused-ring (bicyclic) bond motifs is 1. The van der Waals surface area contributed by atoms with Crippen molar-refractivity contribution in [1.29, 1.82) is 0 Å². The molecule has 3 aromatic carbocycles. The van der Waals surface area contributed by atoms with Crippen LogP contribution in [0.25, 0.3) is 10.8 Å². The van der Waals surface area contributed by atoms with Crippen molar-refractivity contribution in [1.82, 2.24) is 0 Å². The number of ether oxygens (including phenoxy) is 2. The van der Waals surface area contributed by atoms with Crippen LogP contribution in [-0.2, 0) is 9.59 Å². The van der Waals surface area contributed by atoms with E-state index in [1.807, 2.05) is 42.5 Å². The number of amides is 2. The molecule has 0 fully saturated rings. The lowest BCUT2D eigenvalue weighted by Crippen LogP contribution is -2.20. The van der Waals surface area contributed by atoms with Gasteiger partial charge in [-0.2, -0.15) is 0 Å². The Morgan fingerprint density at radius 2 is 1.56 bits per heavy atom. The average molecular weight is 364 g/mol. The van der Waals surface area contributed by atoms with E-state index >= 15 is 0 Å². The molecule has 3 rings (SSSR count). The molecule has 0 aliphatic rings. The van der Waals surface area contributed by atoms with Crippen LogP contribution < -0.4 is 20.5 Å². The molecule has 0 saturated carbocycles. The summed E-state index contributed by atoms with van der Waals surface area (Å²) in [7, 11) is 0. The number of rotatable bonds is 8. The maximum absolute atomic E-state index is 12.1. The van der Waals surface area contributed by atoms with E-state index in [1.165, 1.54) is 0 Å². The van der Waals surface area contributed by atoms with Crippen molar-refractivity contribution in [3.63, 3.8) is 0 Å². The van der Waals surface area contributed by atoms with Crippen LogP contribution in [0.15, 0.2) is 66.7 Å². The first-order valence-electron chi connectivity index (χ1n) is 8.53. The largest absolute Gasteiger partial charge is 0.493 e. The smallest absolute Gasteiger partial charge is 0.262 e. The predicted molar refractivity (Wildman–Crippen MR) is 104 cm³/mol. The van der Waals surface area contributed by atoms with Crippen LogP contribution >= 0.6 is 0 Å². The molecule has 3 aromatic rings. The van der Waals surface area contributed by atoms with Crippen molar-refractivity contribution in [2.75, 3.05) is 18.5 Å². The molecule has 3 N–H and O–H groups in total. The topological polar surface area (TPSA) is 90.7 Å². The normalized spacial score (nSPS) is 10.4. The standard InChI is InChI=1S/C21H20N2O4/c22-20(24)11-12-26-18-9-6-17(7-10-18)23-21(25)14-27-19-8-5-15-3-1-2-4-16(15)13-19/h1-10,13H,11-12,14H2,(H2,22,24)(H,23,25). The number of carbonyl (C=O) groups excluding carboxylic acids is 2. The molecule has 0 radical (unpaired) electrons. The third-order valence-electron chi connectivity index (χ3n) is 3.85. The average Bonchev–Trinajstić information content (AvgIpc) is 2.67. The maximum Gasteiger partial charge on any atom is 0.262 e. The van der Waals surface area contributed by atoms with Crippen LogP contribution in [0.1, 0.15) is 6.42 Å². The van der Waals surface area contributed by atoms with Crippen LogP contribution in [0.4, 0.5) is 5.69 Å². The van der Waals surface area contributed by atoms with Crippen molar-refractivity contribution in [3.05, 3.63) is 66.7 Å². The summed E-state index contributed by atoms with van der Waals surface area (Å²) >= 11 is 0. The zero-order valence-corrected chi connectivity index (χ0v) is 14.7. The number of carbonyl (C=O) groups is 2. The van der Waals surface area contributed by atoms with Crippen molar-refractivity contribution in [3.8, 4) is 11.5 Å². The molecular formula is C21H20N2O4. The highest BCUT2D eigenvalue weighted by atomic mass is 16.5. The summed E-state index contributed by atoms with van der Waals surface area (Å²) in [6.07, 6.45) is 0.157. The minimum Gasteiger partial charge on any atom is -0.493 e. The van der Waals surface area contributed by atoms with Gasteiger partial charge < -0.3 is 20.5 Å². The van der Waals surface area contributed by atoms with Gasteiger partial charge >= 0.3 is 0 Å². The fraction of sp³-hybridized carbons (Fsp3) is 0.143. The molecule has 6 nitrogen and oxygen atoms in total. The van der Waals surface area contributed by atoms with Crippen LogP contribution in [-0.4, -0.2) is 25.0 Å². The van der Waals surface area contributed by atoms with Crippen LogP contribution in [0.5, 0.6) is 11.5 Å². The minimum absolute atomic E-state index is 0.0881. The van der Waals surface area contributed by atoms with E-state index in [-0.39, 0.29) is 25.5 Å². The first-order valence-corrected chi connectivity index (χ1v) is 8.53. The predicted octanol–water partition coefficient (Wildman–Crippen LogP) is 3.11. The lowest BCUT2D eigenvalue weighted by molar-refractivity contribution is -0.119. The Kier molecular flexibility index (Phi) is 5.89. The quantitative estimate of drug-likeness (QED) is 0.642. The Labute approximate surface area is 156 Å². The van der Waals surface area contributed by atoms with Gasteiger partial charge in [0.25, 0.3) is 5.91 Å². The first kappa shape index (κ1) is 18.3. The van der Waals surface area contributed by atoms with Gasteiger partial charge in [0.15, 0.2) is 6.61 Å². The zero-order chi connectivity index (χ0) is 19.1. The number of hydrogen-bond acceptors (Lipinski definition) is 4. The van der Waals surface area contributed by atoms with Crippen LogP contribution in [0.2, 0.25) is 0 Å². The fourth-order valence-electron chi connectivity index (χ4n) is 2.51. The summed E-state index contributed by atoms with van der Waals surface area (Å²) in [6.45, 7) is 0.135. The van der Waals surface area contributed by atoms with Crippen molar-refractivity contribution >= 4 is 28.3 Å². The van der Waals surface area contributed by atoms with Gasteiger partial charge in [-0.25, -0.2) is 0 Å². The second kappa shape index (κ2) is 8.71. The SMILES string of the molecule is NC(=O)CCOc1ccc(NC(=O)COc2ccc3ccccc3c2)cc1. The molecule has 138 valence electrons. The van der Waals surface area contributed by atoms with E-state index in [4.69, 9.17) is 15.2 Å². The summed E-state index contributed by atoms with van der Waals surface area (Å²) in [5.74, 6) is 0.569. The molecule has 0 aromatic heterocycles. The number of anilines is 1. The number of primary amides is 1. The molecule has 0 bridgehead atoms. The third-order valence-corrected chi connectivity index (χ3v) is 3.85. The molecule has 0 heterocycles. The number of nitrogens with one attached hydrogen (secondary N) is 1. The molecule has 0 unspecified atom stereocenters. The molecule has 0 aliphatic carbocycles. The highest BCUT2D eigenvalue weighted by Crippen LogP contribution is 2.20. The third kappa shape index (κ3) is 5.47. The second-order valence-electron chi connectivity index (χ2n) is 5.93. The van der Waals surface area contributed by atoms with Crippen LogP contribution in [0, 0.1) is 0 Å². The molecule has 6 heteroatoms. The summed E-state index contributed by atoms with van der Waals surface area (Å²) in [4.78, 5) is 22.7. The second-order valence-corrected chi connectivity index (χ2v) is 5.93. The van der Waals surface area contributed by atoms with Gasteiger partial charge in [0.05, 0.1) is 13.0 Å². The Morgan fingerprint density at radius 1 is 0.852 bits per heavy atom. The van der Waals surface area contributed by atoms with Gasteiger partial charge in [-0.15, -0.1) is 0 Å². The maximum atomic E-state index is 12.1. The fourth-order valence-corrected chi connectivity index (χ4v) is 2.51. The lowest BCUT2D eigenvalue weighted by atomic mass is 10.1. The molecule has 2 amide bonds. The molecule has 0 saturated heterocycles. The summed E-state index contributed by atoms with van der Waals surface area (Å²) in [6, 6.07) is 20.5. The Hall–Kier alpha value is -3.54. The molecule has 0 atom stereocenters. The van der Waals surface area contributed by atoms with E-state index in [0.29, 0.717) is 17.2 Å². The molecular weight excluding hydrogens is 344 g/mol. The summed E-state index contributed by atoms with van der Waals surface area (Å²) in [5.41, 5.74) is 5.68. The van der Waals surface area contributed by atoms with E-state index in [9.17, 15) is 9.59 Å². The Bertz CT molecular complexity index is 938. The van der Waals surface area contributed by atoms with Gasteiger partial charge in [0.2, 0.25) is 5.91 Å². The number of hydrogen-bond donors (Lipinski definition) is 2. The molecule has 27 heavy (non-hydrogen) atoms. The van der Waals surface area contributed by atoms with E-state index in [1.54, 1.807) is 24.3 Å². The van der Waals surface area contributed by atoms with Gasteiger partial charge in [-0.1, -0.05) is 30.3 Å². The van der Waals surface area contributed by atoms with E-state index < -0.39 is 5.91 Å². The highest BCUT2D eigenvalue weighted by Gasteiger charge is 2.05. The number of nitrogens with two attached hydrogens (primary N) is 1. The van der Waals surface area contributed by atoms with Crippen molar-refractivity contribution in [2.24, 2.45) is 5.73 Å². The minimum atomic E-state index is -0.412. The molecule has 0 spiro atoms. The van der Waals surface area contributed by atoms with E-state index in [0.717, 1.165) is 10.8 Å². The lowest BCUT2D eigenvalue weighted by Gasteiger charge is -2.09. The molecule has 0 aliphatic heterocycles. The zero-order valence-electron chi connectivity index (χ0n) is 14.7. The van der Waals surface area contributed by atoms with Gasteiger partial charge in [-0.05, 0) is 47.2 Å². The van der Waals surface area contributed by atoms with Gasteiger partial charge in [0.1, 0.15) is 11.5 Å². The van der Waals surface area contributed by atoms with Crippen LogP contribution in [0.3, 0.4) is 0 Å². The monoisotopic (exact) mass is 364 g/mol. The van der Waals surface area contributed by atoms with Crippen molar-refractivity contribution in [2.45, 2.75) is 6.42 Å². The number of benzene rings is 3. The Morgan fingerprint density at radius 3 is 2.30 bits per heavy atom. The van der Waals surface area contributed by atoms with Gasteiger partial charge in [0, 0.05) is 5.69 Å². The van der Waals surface area contributed by atoms with E-state index in [2.05, 4.69) is 5.32 Å². The summed E-state index contributed by atoms with van der Waals surface area (Å²) < 4.78 is 10.9. The Balaban J connectivity index is 1.49.